The molecule has 1 atom stereocenters. The molecule has 1 unspecified atom stereocenters. The van der Waals surface area contributed by atoms with Crippen molar-refractivity contribution in [2.75, 3.05) is 19.6 Å². The first-order valence-corrected chi connectivity index (χ1v) is 8.43. The second-order valence-electron chi connectivity index (χ2n) is 6.36. The van der Waals surface area contributed by atoms with Gasteiger partial charge in [-0.1, -0.05) is 48.5 Å². The topological polar surface area (TPSA) is 53.0 Å². The number of aliphatic hydroxyl groups is 1. The number of ether oxygens (including phenoxy) is 1. The summed E-state index contributed by atoms with van der Waals surface area (Å²) in [4.78, 5) is 16.3. The Labute approximate surface area is 146 Å². The third-order valence-corrected chi connectivity index (χ3v) is 4.58. The van der Waals surface area contributed by atoms with E-state index in [-0.39, 0.29) is 11.7 Å². The van der Waals surface area contributed by atoms with Gasteiger partial charge in [-0.2, -0.15) is 0 Å². The van der Waals surface area contributed by atoms with Gasteiger partial charge in [0.2, 0.25) is 12.1 Å². The molecule has 5 nitrogen and oxygen atoms in total. The predicted molar refractivity (Wildman–Crippen MR) is 94.9 cm³/mol. The number of aliphatic hydroxyl groups excluding tert-OH is 1. The molecule has 4 rings (SSSR count). The first-order chi connectivity index (χ1) is 12.2. The minimum absolute atomic E-state index is 0.0356. The lowest BCUT2D eigenvalue weighted by Crippen LogP contribution is -2.56. The van der Waals surface area contributed by atoms with Gasteiger partial charge in [-0.15, -0.1) is 0 Å². The molecule has 0 radical (unpaired) electrons. The highest BCUT2D eigenvalue weighted by molar-refractivity contribution is 5.80. The van der Waals surface area contributed by atoms with Gasteiger partial charge in [-0.05, 0) is 17.7 Å². The van der Waals surface area contributed by atoms with Crippen LogP contribution in [0.25, 0.3) is 6.08 Å². The Morgan fingerprint density at radius 1 is 1.04 bits per heavy atom. The number of hydrogen-bond donors (Lipinski definition) is 1. The summed E-state index contributed by atoms with van der Waals surface area (Å²) >= 11 is 0. The van der Waals surface area contributed by atoms with Crippen molar-refractivity contribution < 1.29 is 14.6 Å². The van der Waals surface area contributed by atoms with Crippen LogP contribution in [0, 0.1) is 0 Å². The van der Waals surface area contributed by atoms with Crippen molar-refractivity contribution in [2.45, 2.75) is 12.8 Å². The van der Waals surface area contributed by atoms with E-state index in [2.05, 4.69) is 17.0 Å². The molecule has 0 saturated carbocycles. The predicted octanol–water partition coefficient (Wildman–Crippen LogP) is 2.65. The summed E-state index contributed by atoms with van der Waals surface area (Å²) in [6, 6.07) is 17.6. The molecule has 128 valence electrons. The number of carbonyl (C=O) groups is 1. The van der Waals surface area contributed by atoms with Crippen LogP contribution in [-0.2, 0) is 11.3 Å². The smallest absolute Gasteiger partial charge is 0.240 e. The number of hydrogen-bond acceptors (Lipinski definition) is 4. The normalized spacial score (nSPS) is 20.6. The summed E-state index contributed by atoms with van der Waals surface area (Å²) in [7, 11) is 0. The Morgan fingerprint density at radius 3 is 2.60 bits per heavy atom. The van der Waals surface area contributed by atoms with Crippen LogP contribution >= 0.6 is 0 Å². The highest BCUT2D eigenvalue weighted by atomic mass is 16.5. The number of piperazine rings is 1. The average Bonchev–Trinajstić information content (AvgIpc) is 2.62. The Balaban J connectivity index is 1.44. The molecule has 0 spiro atoms. The monoisotopic (exact) mass is 336 g/mol. The molecule has 2 aliphatic rings. The Bertz CT molecular complexity index is 804. The second kappa shape index (κ2) is 6.61. The fourth-order valence-corrected chi connectivity index (χ4v) is 3.30. The lowest BCUT2D eigenvalue weighted by Gasteiger charge is -2.39. The first-order valence-electron chi connectivity index (χ1n) is 8.43. The standard InChI is InChI=1S/C20H20N2O3/c23-17-12-16-8-4-5-9-18(16)25-20(17)22-11-10-21(14-19(22)24)13-15-6-2-1-3-7-15/h1-9,12,20,23H,10-11,13-14H2. The van der Waals surface area contributed by atoms with E-state index >= 15 is 0 Å². The SMILES string of the molecule is O=C1CN(Cc2ccccc2)CCN1C1Oc2ccccc2C=C1O. The Kier molecular flexibility index (Phi) is 4.15. The van der Waals surface area contributed by atoms with Crippen molar-refractivity contribution in [3.8, 4) is 5.75 Å². The average molecular weight is 336 g/mol. The molecule has 1 amide bonds. The van der Waals surface area contributed by atoms with E-state index in [4.69, 9.17) is 4.74 Å². The molecule has 25 heavy (non-hydrogen) atoms. The van der Waals surface area contributed by atoms with Crippen molar-refractivity contribution in [1.29, 1.82) is 0 Å². The van der Waals surface area contributed by atoms with Gasteiger partial charge in [0, 0.05) is 25.2 Å². The molecular weight excluding hydrogens is 316 g/mol. The van der Waals surface area contributed by atoms with Crippen LogP contribution in [0.1, 0.15) is 11.1 Å². The van der Waals surface area contributed by atoms with Crippen molar-refractivity contribution in [2.24, 2.45) is 0 Å². The van der Waals surface area contributed by atoms with Crippen LogP contribution in [0.4, 0.5) is 0 Å². The van der Waals surface area contributed by atoms with E-state index in [1.54, 1.807) is 11.0 Å². The third-order valence-electron chi connectivity index (χ3n) is 4.58. The molecule has 2 aromatic rings. The number of fused-ring (bicyclic) bond motifs is 1. The number of carbonyl (C=O) groups excluding carboxylic acids is 1. The van der Waals surface area contributed by atoms with Gasteiger partial charge in [0.1, 0.15) is 5.75 Å². The molecule has 0 aromatic heterocycles. The zero-order chi connectivity index (χ0) is 17.2. The fraction of sp³-hybridized carbons (Fsp3) is 0.250. The minimum Gasteiger partial charge on any atom is -0.506 e. The minimum atomic E-state index is -0.735. The highest BCUT2D eigenvalue weighted by Crippen LogP contribution is 2.30. The summed E-state index contributed by atoms with van der Waals surface area (Å²) in [5, 5.41) is 10.3. The lowest BCUT2D eigenvalue weighted by molar-refractivity contribution is -0.145. The summed E-state index contributed by atoms with van der Waals surface area (Å²) in [5.41, 5.74) is 2.01. The van der Waals surface area contributed by atoms with Gasteiger partial charge in [-0.25, -0.2) is 0 Å². The number of amides is 1. The van der Waals surface area contributed by atoms with Crippen LogP contribution < -0.4 is 4.74 Å². The molecule has 1 fully saturated rings. The van der Waals surface area contributed by atoms with Crippen LogP contribution in [0.3, 0.4) is 0 Å². The fourth-order valence-electron chi connectivity index (χ4n) is 3.30. The summed E-state index contributed by atoms with van der Waals surface area (Å²) in [6.45, 7) is 2.34. The van der Waals surface area contributed by atoms with Crippen molar-refractivity contribution in [3.63, 3.8) is 0 Å². The third kappa shape index (κ3) is 3.23. The molecular formula is C20H20N2O3. The molecule has 2 heterocycles. The summed E-state index contributed by atoms with van der Waals surface area (Å²) in [6.07, 6.45) is 0.939. The molecule has 2 aliphatic heterocycles. The molecule has 5 heteroatoms. The number of rotatable bonds is 3. The van der Waals surface area contributed by atoms with E-state index in [9.17, 15) is 9.90 Å². The maximum atomic E-state index is 12.6. The Hall–Kier alpha value is -2.79. The number of benzene rings is 2. The van der Waals surface area contributed by atoms with Crippen LogP contribution in [0.2, 0.25) is 0 Å². The summed E-state index contributed by atoms with van der Waals surface area (Å²) in [5.74, 6) is 0.722. The van der Waals surface area contributed by atoms with Gasteiger partial charge in [0.05, 0.1) is 6.54 Å². The van der Waals surface area contributed by atoms with E-state index in [0.29, 0.717) is 18.8 Å². The zero-order valence-corrected chi connectivity index (χ0v) is 13.8. The molecule has 1 saturated heterocycles. The maximum absolute atomic E-state index is 12.6. The van der Waals surface area contributed by atoms with Gasteiger partial charge in [-0.3, -0.25) is 14.6 Å². The summed E-state index contributed by atoms with van der Waals surface area (Å²) < 4.78 is 5.88. The van der Waals surface area contributed by atoms with E-state index in [1.165, 1.54) is 5.56 Å². The number of nitrogens with zero attached hydrogens (tertiary/aromatic N) is 2. The molecule has 0 bridgehead atoms. The Morgan fingerprint density at radius 2 is 1.80 bits per heavy atom. The van der Waals surface area contributed by atoms with Crippen LogP contribution in [0.5, 0.6) is 5.75 Å². The van der Waals surface area contributed by atoms with Gasteiger partial charge >= 0.3 is 0 Å². The van der Waals surface area contributed by atoms with E-state index < -0.39 is 6.23 Å². The lowest BCUT2D eigenvalue weighted by atomic mass is 10.1. The van der Waals surface area contributed by atoms with Gasteiger partial charge < -0.3 is 9.84 Å². The van der Waals surface area contributed by atoms with E-state index in [1.807, 2.05) is 42.5 Å². The van der Waals surface area contributed by atoms with Crippen LogP contribution in [-0.4, -0.2) is 46.7 Å². The van der Waals surface area contributed by atoms with Crippen LogP contribution in [0.15, 0.2) is 60.4 Å². The van der Waals surface area contributed by atoms with Gasteiger partial charge in [0.15, 0.2) is 5.76 Å². The van der Waals surface area contributed by atoms with Crippen molar-refractivity contribution in [1.82, 2.24) is 9.80 Å². The highest BCUT2D eigenvalue weighted by Gasteiger charge is 2.35. The largest absolute Gasteiger partial charge is 0.506 e. The van der Waals surface area contributed by atoms with Gasteiger partial charge in [0.25, 0.3) is 0 Å². The first kappa shape index (κ1) is 15.7. The second-order valence-corrected chi connectivity index (χ2v) is 6.36. The number of para-hydroxylation sites is 1. The van der Waals surface area contributed by atoms with E-state index in [0.717, 1.165) is 18.7 Å². The maximum Gasteiger partial charge on any atom is 0.240 e. The molecule has 1 N–H and O–H groups in total. The zero-order valence-electron chi connectivity index (χ0n) is 13.8. The van der Waals surface area contributed by atoms with Crippen molar-refractivity contribution >= 4 is 12.0 Å². The molecule has 2 aromatic carbocycles. The quantitative estimate of drug-likeness (QED) is 0.936. The molecule has 0 aliphatic carbocycles. The van der Waals surface area contributed by atoms with Crippen molar-refractivity contribution in [3.05, 3.63) is 71.5 Å².